The third kappa shape index (κ3) is 2.86. The Hall–Kier alpha value is -1.14. The van der Waals surface area contributed by atoms with Crippen LogP contribution in [0.5, 0.6) is 0 Å². The van der Waals surface area contributed by atoms with Gasteiger partial charge in [0.1, 0.15) is 0 Å². The number of hydrogen-bond donors (Lipinski definition) is 2. The third-order valence-corrected chi connectivity index (χ3v) is 6.57. The Morgan fingerprint density at radius 3 is 2.68 bits per heavy atom. The summed E-state index contributed by atoms with van der Waals surface area (Å²) < 4.78 is 24.4. The van der Waals surface area contributed by atoms with Crippen LogP contribution < -0.4 is 5.48 Å². The van der Waals surface area contributed by atoms with E-state index in [9.17, 15) is 18.0 Å². The van der Waals surface area contributed by atoms with Crippen LogP contribution in [0.4, 0.5) is 4.79 Å². The molecule has 122 valence electrons. The molecule has 1 aromatic heterocycles. The van der Waals surface area contributed by atoms with Crippen molar-refractivity contribution in [2.24, 2.45) is 0 Å². The monoisotopic (exact) mass is 441 g/mol. The molecule has 2 N–H and O–H groups in total. The summed E-state index contributed by atoms with van der Waals surface area (Å²) in [5.74, 6) is -1.00. The van der Waals surface area contributed by atoms with Gasteiger partial charge in [-0.25, -0.2) is 18.7 Å². The summed E-state index contributed by atoms with van der Waals surface area (Å²) in [6.07, 6.45) is 2.53. The molecular formula is C12H16IN3O5S. The molecule has 0 radical (unpaired) electrons. The smallest absolute Gasteiger partial charge is 0.318 e. The number of nitrogens with one attached hydrogen (secondary N) is 1. The first-order valence-corrected chi connectivity index (χ1v) is 9.37. The number of sulfone groups is 1. The van der Waals surface area contributed by atoms with Crippen LogP contribution in [0.1, 0.15) is 19.0 Å². The largest absolute Gasteiger partial charge is 0.328 e. The van der Waals surface area contributed by atoms with E-state index in [1.165, 1.54) is 21.9 Å². The number of amides is 2. The molecule has 2 rings (SSSR count). The maximum atomic E-state index is 12.2. The zero-order valence-electron chi connectivity index (χ0n) is 12.0. The Kier molecular flexibility index (Phi) is 4.55. The fourth-order valence-corrected chi connectivity index (χ4v) is 3.78. The van der Waals surface area contributed by atoms with E-state index in [1.54, 1.807) is 6.20 Å². The Morgan fingerprint density at radius 2 is 2.18 bits per heavy atom. The van der Waals surface area contributed by atoms with E-state index in [0.717, 1.165) is 15.5 Å². The minimum Gasteiger partial charge on any atom is -0.318 e. The highest BCUT2D eigenvalue weighted by Crippen LogP contribution is 2.25. The topological polar surface area (TPSA) is 109 Å². The molecule has 1 aliphatic heterocycles. The first kappa shape index (κ1) is 17.2. The van der Waals surface area contributed by atoms with Crippen molar-refractivity contribution in [1.29, 1.82) is 0 Å². The zero-order valence-corrected chi connectivity index (χ0v) is 15.0. The molecule has 1 unspecified atom stereocenters. The molecule has 1 aromatic rings. The van der Waals surface area contributed by atoms with Gasteiger partial charge >= 0.3 is 6.03 Å². The van der Waals surface area contributed by atoms with Gasteiger partial charge in [0.15, 0.2) is 14.6 Å². The lowest BCUT2D eigenvalue weighted by molar-refractivity contribution is -0.131. The second-order valence-electron chi connectivity index (χ2n) is 5.42. The second kappa shape index (κ2) is 5.81. The van der Waals surface area contributed by atoms with Gasteiger partial charge in [-0.05, 0) is 42.0 Å². The molecule has 8 nitrogen and oxygen atoms in total. The number of carbonyl (C=O) groups is 2. The molecule has 0 aliphatic carbocycles. The first-order chi connectivity index (χ1) is 10.1. The average molecular weight is 441 g/mol. The van der Waals surface area contributed by atoms with Gasteiger partial charge in [0.05, 0.1) is 6.54 Å². The molecule has 0 fully saturated rings. The molecule has 0 saturated carbocycles. The summed E-state index contributed by atoms with van der Waals surface area (Å²) >= 11 is 2.11. The zero-order chi connectivity index (χ0) is 16.7. The second-order valence-corrected chi connectivity index (χ2v) is 9.11. The summed E-state index contributed by atoms with van der Waals surface area (Å²) in [6.45, 7) is 1.69. The van der Waals surface area contributed by atoms with Gasteiger partial charge in [-0.2, -0.15) is 0 Å². The van der Waals surface area contributed by atoms with Crippen LogP contribution in [0.25, 0.3) is 0 Å². The summed E-state index contributed by atoms with van der Waals surface area (Å²) in [5.41, 5.74) is 2.21. The number of hydrogen-bond acceptors (Lipinski definition) is 5. The van der Waals surface area contributed by atoms with Crippen molar-refractivity contribution < 1.29 is 23.2 Å². The number of hydroxylamine groups is 1. The molecule has 0 bridgehead atoms. The van der Waals surface area contributed by atoms with Gasteiger partial charge in [-0.3, -0.25) is 14.6 Å². The predicted octanol–water partition coefficient (Wildman–Crippen LogP) is 0.575. The molecule has 22 heavy (non-hydrogen) atoms. The Labute approximate surface area is 141 Å². The Balaban J connectivity index is 2.14. The van der Waals surface area contributed by atoms with Gasteiger partial charge in [0.2, 0.25) is 0 Å². The Bertz CT molecular complexity index is 729. The van der Waals surface area contributed by atoms with Crippen LogP contribution in [0.2, 0.25) is 0 Å². The van der Waals surface area contributed by atoms with Crippen molar-refractivity contribution in [3.05, 3.63) is 21.5 Å². The van der Waals surface area contributed by atoms with E-state index in [1.807, 2.05) is 6.07 Å². The predicted molar refractivity (Wildman–Crippen MR) is 86.1 cm³/mol. The maximum Gasteiger partial charge on any atom is 0.328 e. The van der Waals surface area contributed by atoms with E-state index in [-0.39, 0.29) is 19.0 Å². The van der Waals surface area contributed by atoms with Crippen molar-refractivity contribution >= 4 is 44.4 Å². The standard InChI is InChI=1S/C12H16IN3O5S/c1-12(10(17)14-19,22(2,20)21)3-4-15-7-9-5-8(13)6-16(9)11(15)18/h5-6,19H,3-4,7H2,1-2H3,(H,14,17). The van der Waals surface area contributed by atoms with Crippen LogP contribution >= 0.6 is 22.6 Å². The number of aromatic nitrogens is 1. The summed E-state index contributed by atoms with van der Waals surface area (Å²) in [6, 6.07) is 1.62. The van der Waals surface area contributed by atoms with Crippen molar-refractivity contribution in [2.45, 2.75) is 24.6 Å². The van der Waals surface area contributed by atoms with Crippen LogP contribution in [0, 0.1) is 3.57 Å². The lowest BCUT2D eigenvalue weighted by Gasteiger charge is -2.27. The number of fused-ring (bicyclic) bond motifs is 1. The van der Waals surface area contributed by atoms with Crippen LogP contribution in [0.3, 0.4) is 0 Å². The van der Waals surface area contributed by atoms with E-state index in [4.69, 9.17) is 5.21 Å². The molecule has 10 heteroatoms. The maximum absolute atomic E-state index is 12.2. The van der Waals surface area contributed by atoms with E-state index in [2.05, 4.69) is 22.6 Å². The highest BCUT2D eigenvalue weighted by Gasteiger charge is 2.44. The van der Waals surface area contributed by atoms with Crippen LogP contribution in [-0.2, 0) is 21.2 Å². The number of nitrogens with zero attached hydrogens (tertiary/aromatic N) is 2. The van der Waals surface area contributed by atoms with Gasteiger partial charge in [0, 0.05) is 28.3 Å². The van der Waals surface area contributed by atoms with Gasteiger partial charge < -0.3 is 4.90 Å². The highest BCUT2D eigenvalue weighted by atomic mass is 127. The molecular weight excluding hydrogens is 425 g/mol. The minimum absolute atomic E-state index is 0.0914. The quantitative estimate of drug-likeness (QED) is 0.395. The lowest BCUT2D eigenvalue weighted by atomic mass is 10.1. The number of carbonyl (C=O) groups excluding carboxylic acids is 2. The van der Waals surface area contributed by atoms with E-state index >= 15 is 0 Å². The number of halogens is 1. The van der Waals surface area contributed by atoms with Crippen LogP contribution in [-0.4, -0.2) is 52.6 Å². The molecule has 2 heterocycles. The first-order valence-electron chi connectivity index (χ1n) is 6.40. The molecule has 0 saturated heterocycles. The van der Waals surface area contributed by atoms with Gasteiger partial charge in [0.25, 0.3) is 5.91 Å². The average Bonchev–Trinajstić information content (AvgIpc) is 2.92. The van der Waals surface area contributed by atoms with Crippen molar-refractivity contribution in [2.75, 3.05) is 12.8 Å². The Morgan fingerprint density at radius 1 is 1.55 bits per heavy atom. The molecule has 1 aliphatic rings. The summed E-state index contributed by atoms with van der Waals surface area (Å²) in [7, 11) is -3.76. The lowest BCUT2D eigenvalue weighted by Crippen LogP contribution is -2.50. The van der Waals surface area contributed by atoms with Crippen molar-refractivity contribution in [3.63, 3.8) is 0 Å². The van der Waals surface area contributed by atoms with Gasteiger partial charge in [-0.1, -0.05) is 0 Å². The van der Waals surface area contributed by atoms with Crippen molar-refractivity contribution in [3.8, 4) is 0 Å². The summed E-state index contributed by atoms with van der Waals surface area (Å²) in [4.78, 5) is 25.4. The third-order valence-electron chi connectivity index (χ3n) is 3.95. The fraction of sp³-hybridized carbons (Fsp3) is 0.500. The van der Waals surface area contributed by atoms with E-state index < -0.39 is 20.5 Å². The molecule has 2 amide bonds. The minimum atomic E-state index is -3.76. The SMILES string of the molecule is CC(CCN1Cc2cc(I)cn2C1=O)(C(=O)NO)S(C)(=O)=O. The molecule has 1 atom stereocenters. The normalized spacial score (nSPS) is 17.3. The van der Waals surface area contributed by atoms with Crippen molar-refractivity contribution in [1.82, 2.24) is 14.9 Å². The molecule has 0 aromatic carbocycles. The van der Waals surface area contributed by atoms with Crippen LogP contribution in [0.15, 0.2) is 12.3 Å². The molecule has 0 spiro atoms. The summed E-state index contributed by atoms with van der Waals surface area (Å²) in [5, 5.41) is 8.77. The van der Waals surface area contributed by atoms with E-state index in [0.29, 0.717) is 6.54 Å². The fourth-order valence-electron chi connectivity index (χ4n) is 2.30. The highest BCUT2D eigenvalue weighted by molar-refractivity contribution is 14.1. The van der Waals surface area contributed by atoms with Gasteiger partial charge in [-0.15, -0.1) is 0 Å². The number of rotatable bonds is 5.